The Hall–Kier alpha value is -0.410. The van der Waals surface area contributed by atoms with Crippen LogP contribution in [0.15, 0.2) is 22.8 Å². The lowest BCUT2D eigenvalue weighted by atomic mass is 9.88. The molecule has 18 heavy (non-hydrogen) atoms. The van der Waals surface area contributed by atoms with Crippen molar-refractivity contribution >= 4 is 15.9 Å². The predicted molar refractivity (Wildman–Crippen MR) is 77.2 cm³/mol. The van der Waals surface area contributed by atoms with Crippen LogP contribution in [0.4, 0.5) is 0 Å². The molecule has 0 saturated heterocycles. The molecular formula is C15H21BrN2. The van der Waals surface area contributed by atoms with E-state index in [-0.39, 0.29) is 0 Å². The van der Waals surface area contributed by atoms with Crippen LogP contribution in [0, 0.1) is 17.8 Å². The van der Waals surface area contributed by atoms with Gasteiger partial charge in [-0.15, -0.1) is 0 Å². The lowest BCUT2D eigenvalue weighted by Crippen LogP contribution is -2.28. The fraction of sp³-hybridized carbons (Fsp3) is 0.667. The van der Waals surface area contributed by atoms with Crippen LogP contribution in [0.2, 0.25) is 0 Å². The third-order valence-electron chi connectivity index (χ3n) is 4.65. The highest BCUT2D eigenvalue weighted by Crippen LogP contribution is 2.48. The Kier molecular flexibility index (Phi) is 3.71. The molecule has 0 amide bonds. The Labute approximate surface area is 118 Å². The van der Waals surface area contributed by atoms with Gasteiger partial charge in [0.2, 0.25) is 0 Å². The Morgan fingerprint density at radius 1 is 1.33 bits per heavy atom. The second kappa shape index (κ2) is 5.30. The van der Waals surface area contributed by atoms with E-state index < -0.39 is 0 Å². The normalized spacial score (nSPS) is 30.3. The third-order valence-corrected chi connectivity index (χ3v) is 5.12. The smallest absolute Gasteiger partial charge is 0.0544 e. The third kappa shape index (κ3) is 2.77. The summed E-state index contributed by atoms with van der Waals surface area (Å²) in [6, 6.07) is 4.19. The largest absolute Gasteiger partial charge is 0.300 e. The van der Waals surface area contributed by atoms with Crippen molar-refractivity contribution < 1.29 is 0 Å². The summed E-state index contributed by atoms with van der Waals surface area (Å²) in [5.74, 6) is 3.03. The van der Waals surface area contributed by atoms with Crippen LogP contribution in [-0.4, -0.2) is 23.5 Å². The summed E-state index contributed by atoms with van der Waals surface area (Å²) in [5.41, 5.74) is 1.17. The quantitative estimate of drug-likeness (QED) is 0.843. The average molecular weight is 309 g/mol. The Morgan fingerprint density at radius 3 is 2.83 bits per heavy atom. The van der Waals surface area contributed by atoms with Crippen molar-refractivity contribution in [3.8, 4) is 0 Å². The van der Waals surface area contributed by atoms with Gasteiger partial charge >= 0.3 is 0 Å². The molecule has 0 aliphatic heterocycles. The van der Waals surface area contributed by atoms with E-state index in [1.807, 2.05) is 6.20 Å². The molecule has 3 heteroatoms. The first-order valence-corrected chi connectivity index (χ1v) is 7.79. The van der Waals surface area contributed by atoms with Crippen molar-refractivity contribution in [2.45, 2.75) is 32.2 Å². The maximum absolute atomic E-state index is 4.45. The van der Waals surface area contributed by atoms with Crippen LogP contribution in [0.5, 0.6) is 0 Å². The zero-order chi connectivity index (χ0) is 12.5. The van der Waals surface area contributed by atoms with Crippen LogP contribution < -0.4 is 0 Å². The van der Waals surface area contributed by atoms with Gasteiger partial charge in [0, 0.05) is 23.8 Å². The maximum atomic E-state index is 4.45. The molecule has 1 aromatic heterocycles. The Bertz CT molecular complexity index is 403. The summed E-state index contributed by atoms with van der Waals surface area (Å²) in [5, 5.41) is 0. The molecule has 0 N–H and O–H groups in total. The van der Waals surface area contributed by atoms with Gasteiger partial charge < -0.3 is 4.90 Å². The number of fused-ring (bicyclic) bond motifs is 2. The molecule has 2 fully saturated rings. The maximum Gasteiger partial charge on any atom is 0.0544 e. The predicted octanol–water partition coefficient (Wildman–Crippen LogP) is 3.71. The monoisotopic (exact) mass is 308 g/mol. The summed E-state index contributed by atoms with van der Waals surface area (Å²) in [6.07, 6.45) is 7.86. The molecule has 98 valence electrons. The minimum Gasteiger partial charge on any atom is -0.300 e. The van der Waals surface area contributed by atoms with Crippen molar-refractivity contribution in [1.82, 2.24) is 9.88 Å². The highest BCUT2D eigenvalue weighted by Gasteiger charge is 2.39. The molecule has 2 nitrogen and oxygen atoms in total. The molecule has 3 atom stereocenters. The average Bonchev–Trinajstić information content (AvgIpc) is 2.94. The Morgan fingerprint density at radius 2 is 2.22 bits per heavy atom. The van der Waals surface area contributed by atoms with Gasteiger partial charge in [-0.25, -0.2) is 0 Å². The van der Waals surface area contributed by atoms with Crippen molar-refractivity contribution in [3.63, 3.8) is 0 Å². The number of hydrogen-bond acceptors (Lipinski definition) is 2. The molecule has 0 aromatic carbocycles. The molecule has 3 rings (SSSR count). The molecule has 0 spiro atoms. The van der Waals surface area contributed by atoms with Crippen LogP contribution >= 0.6 is 15.9 Å². The van der Waals surface area contributed by atoms with E-state index >= 15 is 0 Å². The minimum absolute atomic E-state index is 0.948. The van der Waals surface area contributed by atoms with Gasteiger partial charge in [0.25, 0.3) is 0 Å². The Balaban J connectivity index is 1.52. The topological polar surface area (TPSA) is 16.1 Å². The number of nitrogens with zero attached hydrogens (tertiary/aromatic N) is 2. The first-order valence-electron chi connectivity index (χ1n) is 6.99. The lowest BCUT2D eigenvalue weighted by molar-refractivity contribution is 0.213. The van der Waals surface area contributed by atoms with Gasteiger partial charge in [0.1, 0.15) is 0 Å². The number of pyridine rings is 1. The van der Waals surface area contributed by atoms with E-state index in [2.05, 4.69) is 45.0 Å². The molecule has 0 radical (unpaired) electrons. The van der Waals surface area contributed by atoms with Crippen molar-refractivity contribution in [3.05, 3.63) is 28.5 Å². The van der Waals surface area contributed by atoms with E-state index in [1.165, 1.54) is 37.9 Å². The summed E-state index contributed by atoms with van der Waals surface area (Å²) in [7, 11) is 2.23. The second-order valence-corrected chi connectivity index (χ2v) is 7.02. The highest BCUT2D eigenvalue weighted by molar-refractivity contribution is 9.10. The SMILES string of the molecule is CN(Cc1ccc(Br)cn1)CC1CC2CCC1C2. The lowest BCUT2D eigenvalue weighted by Gasteiger charge is -2.26. The second-order valence-electron chi connectivity index (χ2n) is 6.10. The van der Waals surface area contributed by atoms with E-state index in [4.69, 9.17) is 0 Å². The summed E-state index contributed by atoms with van der Waals surface area (Å²) >= 11 is 3.43. The molecule has 2 aliphatic carbocycles. The standard InChI is InChI=1S/C15H21BrN2/c1-18(10-15-5-4-14(16)8-17-15)9-13-7-11-2-3-12(13)6-11/h4-5,8,11-13H,2-3,6-7,9-10H2,1H3. The number of halogens is 1. The van der Waals surface area contributed by atoms with Gasteiger partial charge in [0.05, 0.1) is 5.69 Å². The minimum atomic E-state index is 0.948. The zero-order valence-electron chi connectivity index (χ0n) is 11.0. The van der Waals surface area contributed by atoms with E-state index in [0.717, 1.165) is 28.8 Å². The van der Waals surface area contributed by atoms with Gasteiger partial charge in [-0.05, 0) is 72.1 Å². The van der Waals surface area contributed by atoms with Gasteiger partial charge in [0.15, 0.2) is 0 Å². The summed E-state index contributed by atoms with van der Waals surface area (Å²) in [6.45, 7) is 2.22. The number of aromatic nitrogens is 1. The molecular weight excluding hydrogens is 288 g/mol. The molecule has 3 unspecified atom stereocenters. The first-order chi connectivity index (χ1) is 8.70. The van der Waals surface area contributed by atoms with Crippen LogP contribution in [-0.2, 0) is 6.54 Å². The first kappa shape index (κ1) is 12.6. The number of hydrogen-bond donors (Lipinski definition) is 0. The van der Waals surface area contributed by atoms with Crippen LogP contribution in [0.1, 0.15) is 31.4 Å². The van der Waals surface area contributed by atoms with E-state index in [9.17, 15) is 0 Å². The van der Waals surface area contributed by atoms with Gasteiger partial charge in [-0.3, -0.25) is 4.98 Å². The van der Waals surface area contributed by atoms with Gasteiger partial charge in [-0.2, -0.15) is 0 Å². The van der Waals surface area contributed by atoms with Crippen LogP contribution in [0.3, 0.4) is 0 Å². The van der Waals surface area contributed by atoms with Crippen molar-refractivity contribution in [1.29, 1.82) is 0 Å². The van der Waals surface area contributed by atoms with Crippen LogP contribution in [0.25, 0.3) is 0 Å². The molecule has 1 aromatic rings. The molecule has 2 bridgehead atoms. The van der Waals surface area contributed by atoms with Crippen molar-refractivity contribution in [2.24, 2.45) is 17.8 Å². The summed E-state index contributed by atoms with van der Waals surface area (Å²) in [4.78, 5) is 6.90. The molecule has 2 aliphatic rings. The molecule has 1 heterocycles. The van der Waals surface area contributed by atoms with Gasteiger partial charge in [-0.1, -0.05) is 6.42 Å². The number of rotatable bonds is 4. The van der Waals surface area contributed by atoms with Crippen molar-refractivity contribution in [2.75, 3.05) is 13.6 Å². The fourth-order valence-electron chi connectivity index (χ4n) is 3.84. The summed E-state index contributed by atoms with van der Waals surface area (Å²) < 4.78 is 1.06. The zero-order valence-corrected chi connectivity index (χ0v) is 12.6. The highest BCUT2D eigenvalue weighted by atomic mass is 79.9. The van der Waals surface area contributed by atoms with E-state index in [1.54, 1.807) is 0 Å². The molecule has 2 saturated carbocycles. The fourth-order valence-corrected chi connectivity index (χ4v) is 4.08. The van der Waals surface area contributed by atoms with E-state index in [0.29, 0.717) is 0 Å².